The lowest BCUT2D eigenvalue weighted by atomic mass is 10.2. The molecule has 0 saturated carbocycles. The first-order valence-electron chi connectivity index (χ1n) is 9.02. The topological polar surface area (TPSA) is 109 Å². The Labute approximate surface area is 167 Å². The molecular weight excluding hydrogens is 372 g/mol. The van der Waals surface area contributed by atoms with E-state index in [0.717, 1.165) is 5.69 Å². The maximum Gasteiger partial charge on any atom is 0.323 e. The van der Waals surface area contributed by atoms with Gasteiger partial charge in [-0.2, -0.15) is 0 Å². The van der Waals surface area contributed by atoms with Gasteiger partial charge in [0, 0.05) is 23.1 Å². The molecule has 1 aliphatic heterocycles. The Balaban J connectivity index is 1.38. The quantitative estimate of drug-likeness (QED) is 0.524. The minimum atomic E-state index is -0.344. The Hall–Kier alpha value is -4.01. The highest BCUT2D eigenvalue weighted by Crippen LogP contribution is 2.33. The number of hydrogen-bond acceptors (Lipinski definition) is 7. The van der Waals surface area contributed by atoms with Crippen molar-refractivity contribution in [3.8, 4) is 11.5 Å². The summed E-state index contributed by atoms with van der Waals surface area (Å²) >= 11 is 0. The number of anilines is 5. The molecule has 3 aromatic rings. The summed E-state index contributed by atoms with van der Waals surface area (Å²) in [5.74, 6) is 2.52. The zero-order valence-corrected chi connectivity index (χ0v) is 15.7. The van der Waals surface area contributed by atoms with Crippen molar-refractivity contribution in [3.63, 3.8) is 0 Å². The van der Waals surface area contributed by atoms with Gasteiger partial charge < -0.3 is 30.7 Å². The van der Waals surface area contributed by atoms with Gasteiger partial charge in [-0.1, -0.05) is 6.07 Å². The van der Waals surface area contributed by atoms with Crippen molar-refractivity contribution >= 4 is 34.7 Å². The predicted octanol–water partition coefficient (Wildman–Crippen LogP) is 3.68. The summed E-state index contributed by atoms with van der Waals surface area (Å²) in [5, 5.41) is 11.9. The van der Waals surface area contributed by atoms with E-state index < -0.39 is 0 Å². The lowest BCUT2D eigenvalue weighted by Gasteiger charge is -2.20. The minimum absolute atomic E-state index is 0.344. The number of ether oxygens (including phenoxy) is 2. The van der Waals surface area contributed by atoms with Crippen LogP contribution in [0.15, 0.2) is 54.9 Å². The molecule has 2 heterocycles. The molecule has 0 aliphatic carbocycles. The number of nitrogens with one attached hydrogen (secondary N) is 4. The summed E-state index contributed by atoms with van der Waals surface area (Å²) in [6.07, 6.45) is 1.47. The minimum Gasteiger partial charge on any atom is -0.497 e. The molecule has 0 radical (unpaired) electrons. The maximum atomic E-state index is 12.2. The first kappa shape index (κ1) is 18.4. The average molecular weight is 392 g/mol. The molecule has 9 nitrogen and oxygen atoms in total. The SMILES string of the molecule is COc1cccc(NC(=O)Nc2ccc(Nc3ncnc4c3OCCN4)cc2)c1. The molecule has 0 bridgehead atoms. The van der Waals surface area contributed by atoms with Crippen molar-refractivity contribution in [2.45, 2.75) is 0 Å². The zero-order valence-electron chi connectivity index (χ0n) is 15.7. The molecule has 1 aliphatic rings. The van der Waals surface area contributed by atoms with Crippen molar-refractivity contribution in [1.82, 2.24) is 9.97 Å². The van der Waals surface area contributed by atoms with Gasteiger partial charge in [0.2, 0.25) is 5.75 Å². The van der Waals surface area contributed by atoms with Gasteiger partial charge in [0.1, 0.15) is 18.7 Å². The summed E-state index contributed by atoms with van der Waals surface area (Å²) in [4.78, 5) is 20.6. The van der Waals surface area contributed by atoms with E-state index in [4.69, 9.17) is 9.47 Å². The van der Waals surface area contributed by atoms with E-state index in [1.54, 1.807) is 37.4 Å². The number of aromatic nitrogens is 2. The molecule has 0 unspecified atom stereocenters. The van der Waals surface area contributed by atoms with E-state index in [-0.39, 0.29) is 6.03 Å². The number of carbonyl (C=O) groups excluding carboxylic acids is 1. The molecular formula is C20H20N6O3. The molecule has 4 rings (SSSR count). The molecule has 0 atom stereocenters. The van der Waals surface area contributed by atoms with E-state index in [1.807, 2.05) is 18.2 Å². The van der Waals surface area contributed by atoms with Crippen molar-refractivity contribution in [2.24, 2.45) is 0 Å². The highest BCUT2D eigenvalue weighted by atomic mass is 16.5. The van der Waals surface area contributed by atoms with Crippen LogP contribution in [0, 0.1) is 0 Å². The molecule has 0 spiro atoms. The smallest absolute Gasteiger partial charge is 0.323 e. The van der Waals surface area contributed by atoms with E-state index in [2.05, 4.69) is 31.2 Å². The first-order chi connectivity index (χ1) is 14.2. The monoisotopic (exact) mass is 392 g/mol. The van der Waals surface area contributed by atoms with Gasteiger partial charge in [-0.25, -0.2) is 14.8 Å². The maximum absolute atomic E-state index is 12.2. The largest absolute Gasteiger partial charge is 0.497 e. The zero-order chi connectivity index (χ0) is 20.1. The fraction of sp³-hybridized carbons (Fsp3) is 0.150. The average Bonchev–Trinajstić information content (AvgIpc) is 2.75. The van der Waals surface area contributed by atoms with Gasteiger partial charge in [-0.15, -0.1) is 0 Å². The number of rotatable bonds is 5. The molecule has 0 saturated heterocycles. The first-order valence-corrected chi connectivity index (χ1v) is 9.02. The molecule has 29 heavy (non-hydrogen) atoms. The standard InChI is InChI=1S/C20H20N6O3/c1-28-16-4-2-3-15(11-16)26-20(27)25-14-7-5-13(6-8-14)24-19-17-18(22-12-23-19)21-9-10-29-17/h2-8,11-12H,9-10H2,1H3,(H2,25,26,27)(H2,21,22,23,24). The molecule has 0 fully saturated rings. The second-order valence-electron chi connectivity index (χ2n) is 6.19. The van der Waals surface area contributed by atoms with E-state index in [9.17, 15) is 4.79 Å². The summed E-state index contributed by atoms with van der Waals surface area (Å²) in [5.41, 5.74) is 2.10. The lowest BCUT2D eigenvalue weighted by Crippen LogP contribution is -2.20. The second kappa shape index (κ2) is 8.34. The number of methoxy groups -OCH3 is 1. The van der Waals surface area contributed by atoms with Crippen LogP contribution < -0.4 is 30.7 Å². The Morgan fingerprint density at radius 3 is 2.69 bits per heavy atom. The van der Waals surface area contributed by atoms with Gasteiger partial charge in [0.15, 0.2) is 11.6 Å². The Bertz CT molecular complexity index is 1010. The summed E-state index contributed by atoms with van der Waals surface area (Å²) in [6.45, 7) is 1.27. The summed E-state index contributed by atoms with van der Waals surface area (Å²) < 4.78 is 10.8. The number of hydrogen-bond donors (Lipinski definition) is 4. The van der Waals surface area contributed by atoms with Gasteiger partial charge in [-0.3, -0.25) is 0 Å². The van der Waals surface area contributed by atoms with Crippen LogP contribution in [0.1, 0.15) is 0 Å². The predicted molar refractivity (Wildman–Crippen MR) is 111 cm³/mol. The van der Waals surface area contributed by atoms with Crippen LogP contribution in [0.3, 0.4) is 0 Å². The fourth-order valence-electron chi connectivity index (χ4n) is 2.82. The number of benzene rings is 2. The molecule has 1 aromatic heterocycles. The number of carbonyl (C=O) groups is 1. The second-order valence-corrected chi connectivity index (χ2v) is 6.19. The van der Waals surface area contributed by atoms with Gasteiger partial charge in [0.25, 0.3) is 0 Å². The highest BCUT2D eigenvalue weighted by molar-refractivity contribution is 5.99. The van der Waals surface area contributed by atoms with Crippen molar-refractivity contribution in [1.29, 1.82) is 0 Å². The van der Waals surface area contributed by atoms with Crippen molar-refractivity contribution in [2.75, 3.05) is 41.5 Å². The van der Waals surface area contributed by atoms with E-state index in [1.165, 1.54) is 6.33 Å². The Kier molecular flexibility index (Phi) is 5.28. The third kappa shape index (κ3) is 4.46. The fourth-order valence-corrected chi connectivity index (χ4v) is 2.82. The molecule has 148 valence electrons. The van der Waals surface area contributed by atoms with Crippen LogP contribution in [0.2, 0.25) is 0 Å². The number of amides is 2. The van der Waals surface area contributed by atoms with Gasteiger partial charge >= 0.3 is 6.03 Å². The summed E-state index contributed by atoms with van der Waals surface area (Å²) in [7, 11) is 1.58. The van der Waals surface area contributed by atoms with Crippen LogP contribution in [0.4, 0.5) is 33.5 Å². The van der Waals surface area contributed by atoms with Crippen LogP contribution in [-0.2, 0) is 0 Å². The van der Waals surface area contributed by atoms with Crippen LogP contribution >= 0.6 is 0 Å². The van der Waals surface area contributed by atoms with Crippen molar-refractivity contribution in [3.05, 3.63) is 54.9 Å². The van der Waals surface area contributed by atoms with Crippen LogP contribution in [0.5, 0.6) is 11.5 Å². The summed E-state index contributed by atoms with van der Waals surface area (Å²) in [6, 6.07) is 14.1. The third-order valence-electron chi connectivity index (χ3n) is 4.18. The molecule has 2 amide bonds. The van der Waals surface area contributed by atoms with E-state index >= 15 is 0 Å². The Morgan fingerprint density at radius 1 is 1.07 bits per heavy atom. The van der Waals surface area contributed by atoms with Gasteiger partial charge in [-0.05, 0) is 36.4 Å². The van der Waals surface area contributed by atoms with Crippen LogP contribution in [-0.4, -0.2) is 36.3 Å². The highest BCUT2D eigenvalue weighted by Gasteiger charge is 2.16. The molecule has 4 N–H and O–H groups in total. The number of urea groups is 1. The number of nitrogens with zero attached hydrogens (tertiary/aromatic N) is 2. The molecule has 9 heteroatoms. The van der Waals surface area contributed by atoms with Gasteiger partial charge in [0.05, 0.1) is 13.7 Å². The normalized spacial score (nSPS) is 12.0. The van der Waals surface area contributed by atoms with E-state index in [0.29, 0.717) is 47.7 Å². The Morgan fingerprint density at radius 2 is 1.86 bits per heavy atom. The van der Waals surface area contributed by atoms with Crippen molar-refractivity contribution < 1.29 is 14.3 Å². The lowest BCUT2D eigenvalue weighted by molar-refractivity contribution is 0.262. The third-order valence-corrected chi connectivity index (χ3v) is 4.18. The number of fused-ring (bicyclic) bond motifs is 1. The van der Waals surface area contributed by atoms with Crippen LogP contribution in [0.25, 0.3) is 0 Å². The molecule has 2 aromatic carbocycles.